The van der Waals surface area contributed by atoms with Crippen molar-refractivity contribution in [2.45, 2.75) is 37.1 Å². The molecule has 0 saturated heterocycles. The summed E-state index contributed by atoms with van der Waals surface area (Å²) in [7, 11) is 1.82. The first kappa shape index (κ1) is 23.4. The van der Waals surface area contributed by atoms with Crippen molar-refractivity contribution in [1.29, 1.82) is 0 Å². The Morgan fingerprint density at radius 3 is 2.67 bits per heavy atom. The van der Waals surface area contributed by atoms with Crippen molar-refractivity contribution >= 4 is 35.1 Å². The maximum atomic E-state index is 13.1. The zero-order valence-corrected chi connectivity index (χ0v) is 20.4. The van der Waals surface area contributed by atoms with Gasteiger partial charge in [-0.15, -0.1) is 0 Å². The number of ether oxygens (including phenoxy) is 1. The van der Waals surface area contributed by atoms with Crippen LogP contribution in [0, 0.1) is 5.92 Å². The largest absolute Gasteiger partial charge is 0.493 e. The number of benzene rings is 2. The van der Waals surface area contributed by atoms with Gasteiger partial charge in [0.05, 0.1) is 12.2 Å². The zero-order valence-electron chi connectivity index (χ0n) is 18.8. The Morgan fingerprint density at radius 2 is 1.97 bits per heavy atom. The summed E-state index contributed by atoms with van der Waals surface area (Å²) in [6.45, 7) is 4.82. The molecular formula is C25H26ClN3O3S. The molecule has 0 spiro atoms. The molecule has 8 heteroatoms. The normalized spacial score (nSPS) is 15.3. The molecule has 33 heavy (non-hydrogen) atoms. The van der Waals surface area contributed by atoms with Crippen molar-refractivity contribution in [1.82, 2.24) is 9.55 Å². The van der Waals surface area contributed by atoms with Gasteiger partial charge in [-0.05, 0) is 41.3 Å². The molecule has 1 unspecified atom stereocenters. The summed E-state index contributed by atoms with van der Waals surface area (Å²) < 4.78 is 7.55. The van der Waals surface area contributed by atoms with Crippen LogP contribution in [0.4, 0.5) is 5.82 Å². The molecule has 1 N–H and O–H groups in total. The molecule has 0 aliphatic carbocycles. The van der Waals surface area contributed by atoms with Gasteiger partial charge in [-0.25, -0.2) is 0 Å². The molecule has 2 aromatic carbocycles. The number of carbonyl (C=O) groups excluding carboxylic acids is 1. The highest BCUT2D eigenvalue weighted by molar-refractivity contribution is 7.98. The lowest BCUT2D eigenvalue weighted by atomic mass is 9.87. The van der Waals surface area contributed by atoms with Crippen LogP contribution in [0.2, 0.25) is 5.02 Å². The van der Waals surface area contributed by atoms with E-state index in [9.17, 15) is 9.59 Å². The van der Waals surface area contributed by atoms with E-state index in [4.69, 9.17) is 16.3 Å². The zero-order chi connectivity index (χ0) is 23.5. The molecule has 0 radical (unpaired) electrons. The van der Waals surface area contributed by atoms with Crippen molar-refractivity contribution in [3.05, 3.63) is 80.6 Å². The summed E-state index contributed by atoms with van der Waals surface area (Å²) in [5.74, 6) is 1.83. The molecule has 0 fully saturated rings. The first-order valence-electron chi connectivity index (χ1n) is 10.8. The van der Waals surface area contributed by atoms with Crippen LogP contribution >= 0.6 is 23.4 Å². The van der Waals surface area contributed by atoms with Gasteiger partial charge >= 0.3 is 0 Å². The molecule has 1 amide bonds. The highest BCUT2D eigenvalue weighted by atomic mass is 35.5. The minimum Gasteiger partial charge on any atom is -0.493 e. The van der Waals surface area contributed by atoms with E-state index in [2.05, 4.69) is 24.1 Å². The summed E-state index contributed by atoms with van der Waals surface area (Å²) in [6.07, 6.45) is 0.200. The van der Waals surface area contributed by atoms with Gasteiger partial charge in [-0.1, -0.05) is 61.5 Å². The fourth-order valence-electron chi connectivity index (χ4n) is 3.78. The van der Waals surface area contributed by atoms with Crippen molar-refractivity contribution in [3.63, 3.8) is 0 Å². The lowest BCUT2D eigenvalue weighted by molar-refractivity contribution is -0.116. The molecule has 1 aliphatic heterocycles. The fourth-order valence-corrected chi connectivity index (χ4v) is 4.90. The fraction of sp³-hybridized carbons (Fsp3) is 0.320. The van der Waals surface area contributed by atoms with E-state index in [1.54, 1.807) is 4.57 Å². The summed E-state index contributed by atoms with van der Waals surface area (Å²) in [6, 6.07) is 15.2. The molecule has 1 atom stereocenters. The van der Waals surface area contributed by atoms with Crippen LogP contribution in [-0.4, -0.2) is 22.1 Å². The summed E-state index contributed by atoms with van der Waals surface area (Å²) in [4.78, 5) is 30.0. The van der Waals surface area contributed by atoms with E-state index < -0.39 is 0 Å². The maximum absolute atomic E-state index is 13.1. The number of rotatable bonds is 7. The number of anilines is 1. The Bertz CT molecular complexity index is 1220. The molecule has 172 valence electrons. The molecule has 4 rings (SSSR count). The minimum absolute atomic E-state index is 0.125. The third kappa shape index (κ3) is 5.42. The van der Waals surface area contributed by atoms with Crippen LogP contribution in [0.1, 0.15) is 42.9 Å². The van der Waals surface area contributed by atoms with E-state index in [-0.39, 0.29) is 23.8 Å². The van der Waals surface area contributed by atoms with Gasteiger partial charge in [-0.2, -0.15) is 4.98 Å². The van der Waals surface area contributed by atoms with Crippen molar-refractivity contribution in [2.75, 3.05) is 11.9 Å². The molecule has 1 aromatic heterocycles. The van der Waals surface area contributed by atoms with Crippen molar-refractivity contribution in [2.24, 2.45) is 13.0 Å². The monoisotopic (exact) mass is 483 g/mol. The Hall–Kier alpha value is -2.77. The lowest BCUT2D eigenvalue weighted by Crippen LogP contribution is -2.33. The van der Waals surface area contributed by atoms with Crippen molar-refractivity contribution < 1.29 is 9.53 Å². The van der Waals surface area contributed by atoms with Crippen LogP contribution in [0.25, 0.3) is 0 Å². The van der Waals surface area contributed by atoms with E-state index in [1.165, 1.54) is 11.8 Å². The predicted octanol–water partition coefficient (Wildman–Crippen LogP) is 5.23. The lowest BCUT2D eigenvalue weighted by Gasteiger charge is -2.27. The number of hydrogen-bond acceptors (Lipinski definition) is 5. The highest BCUT2D eigenvalue weighted by Crippen LogP contribution is 2.36. The van der Waals surface area contributed by atoms with Crippen molar-refractivity contribution in [3.8, 4) is 5.75 Å². The van der Waals surface area contributed by atoms with E-state index in [1.807, 2.05) is 55.6 Å². The Morgan fingerprint density at radius 1 is 1.21 bits per heavy atom. The van der Waals surface area contributed by atoms with Crippen LogP contribution in [0.15, 0.2) is 58.5 Å². The van der Waals surface area contributed by atoms with E-state index in [0.717, 1.165) is 16.9 Å². The van der Waals surface area contributed by atoms with Gasteiger partial charge in [0.15, 0.2) is 5.16 Å². The van der Waals surface area contributed by atoms with Gasteiger partial charge in [0.2, 0.25) is 5.91 Å². The highest BCUT2D eigenvalue weighted by Gasteiger charge is 2.32. The number of hydrogen-bond donors (Lipinski definition) is 1. The number of fused-ring (bicyclic) bond motifs is 1. The number of thioether (sulfide) groups is 1. The maximum Gasteiger partial charge on any atom is 0.279 e. The summed E-state index contributed by atoms with van der Waals surface area (Å²) in [5, 5.41) is 4.09. The van der Waals surface area contributed by atoms with Crippen LogP contribution in [-0.2, 0) is 17.6 Å². The average molecular weight is 484 g/mol. The van der Waals surface area contributed by atoms with Gasteiger partial charge in [0.25, 0.3) is 5.56 Å². The minimum atomic E-state index is -0.355. The number of amides is 1. The Balaban J connectivity index is 1.62. The van der Waals surface area contributed by atoms with E-state index in [0.29, 0.717) is 39.8 Å². The Labute approximate surface area is 202 Å². The number of aromatic nitrogens is 2. The van der Waals surface area contributed by atoms with Gasteiger partial charge in [-0.3, -0.25) is 9.59 Å². The number of carbonyl (C=O) groups is 1. The van der Waals surface area contributed by atoms with Crippen LogP contribution < -0.4 is 15.6 Å². The first-order chi connectivity index (χ1) is 15.8. The third-order valence-electron chi connectivity index (χ3n) is 5.42. The Kier molecular flexibility index (Phi) is 7.10. The second-order valence-electron chi connectivity index (χ2n) is 8.52. The van der Waals surface area contributed by atoms with Gasteiger partial charge in [0, 0.05) is 30.2 Å². The average Bonchev–Trinajstić information content (AvgIpc) is 2.79. The van der Waals surface area contributed by atoms with Crippen LogP contribution in [0.3, 0.4) is 0 Å². The smallest absolute Gasteiger partial charge is 0.279 e. The van der Waals surface area contributed by atoms with Gasteiger partial charge < -0.3 is 14.6 Å². The third-order valence-corrected chi connectivity index (χ3v) is 6.76. The molecule has 1 aliphatic rings. The summed E-state index contributed by atoms with van der Waals surface area (Å²) in [5.41, 5.74) is 2.12. The number of nitrogens with zero attached hydrogens (tertiary/aromatic N) is 2. The topological polar surface area (TPSA) is 73.2 Å². The molecule has 6 nitrogen and oxygen atoms in total. The SMILES string of the molecule is CC(C)COc1ccc(C2CC(=O)Nc3c2c(=O)nc(SCc2cccc(Cl)c2)n3C)cc1. The quantitative estimate of drug-likeness (QED) is 0.367. The van der Waals surface area contributed by atoms with Crippen LogP contribution in [0.5, 0.6) is 5.75 Å². The first-order valence-corrected chi connectivity index (χ1v) is 12.2. The molecular weight excluding hydrogens is 458 g/mol. The molecule has 0 bridgehead atoms. The van der Waals surface area contributed by atoms with Gasteiger partial charge in [0.1, 0.15) is 11.6 Å². The standard InChI is InChI=1S/C25H26ClN3O3S/c1-15(2)13-32-19-9-7-17(8-10-19)20-12-21(30)27-23-22(20)24(31)28-25(29(23)3)33-14-16-5-4-6-18(26)11-16/h4-11,15,20H,12-14H2,1-3H3,(H,27,30). The second-order valence-corrected chi connectivity index (χ2v) is 9.90. The molecule has 3 aromatic rings. The predicted molar refractivity (Wildman–Crippen MR) is 132 cm³/mol. The summed E-state index contributed by atoms with van der Waals surface area (Å²) >= 11 is 7.50. The number of nitrogens with one attached hydrogen (secondary N) is 1. The second kappa shape index (κ2) is 10.0. The molecule has 2 heterocycles. The number of halogens is 1. The van der Waals surface area contributed by atoms with E-state index >= 15 is 0 Å². The molecule has 0 saturated carbocycles.